The number of hydrogen-bond acceptors (Lipinski definition) is 4. The number of amides is 1. The highest BCUT2D eigenvalue weighted by atomic mass is 16.6. The number of carbonyl (C=O) groups excluding carboxylic acids is 1. The van der Waals surface area contributed by atoms with Crippen LogP contribution in [0.15, 0.2) is 23.3 Å². The molecule has 0 atom stereocenters. The van der Waals surface area contributed by atoms with E-state index in [9.17, 15) is 14.9 Å². The van der Waals surface area contributed by atoms with Gasteiger partial charge in [-0.15, -0.1) is 0 Å². The molecule has 8 nitrogen and oxygen atoms in total. The maximum absolute atomic E-state index is 10.9. The monoisotopic (exact) mass is 235 g/mol. The van der Waals surface area contributed by atoms with E-state index < -0.39 is 4.92 Å². The summed E-state index contributed by atoms with van der Waals surface area (Å²) in [7, 11) is 0. The summed E-state index contributed by atoms with van der Waals surface area (Å²) >= 11 is 0. The Morgan fingerprint density at radius 3 is 2.82 bits per heavy atom. The van der Waals surface area contributed by atoms with E-state index in [-0.39, 0.29) is 18.1 Å². The number of nitro benzene ring substituents is 1. The molecular weight excluding hydrogens is 226 g/mol. The maximum atomic E-state index is 10.9. The fourth-order valence-corrected chi connectivity index (χ4v) is 1.26. The summed E-state index contributed by atoms with van der Waals surface area (Å²) in [5.74, 6) is -0.333. The van der Waals surface area contributed by atoms with Gasteiger partial charge >= 0.3 is 0 Å². The van der Waals surface area contributed by atoms with Gasteiger partial charge in [-0.25, -0.2) is 0 Å². The minimum absolute atomic E-state index is 0.00916. The van der Waals surface area contributed by atoms with Crippen LogP contribution < -0.4 is 5.32 Å². The summed E-state index contributed by atoms with van der Waals surface area (Å²) < 4.78 is 0. The molecule has 0 saturated heterocycles. The minimum Gasteiger partial charge on any atom is -0.326 e. The summed E-state index contributed by atoms with van der Waals surface area (Å²) in [6.07, 6.45) is 0. The van der Waals surface area contributed by atoms with E-state index in [1.807, 2.05) is 0 Å². The van der Waals surface area contributed by atoms with Crippen molar-refractivity contribution in [1.82, 2.24) is 0 Å². The highest BCUT2D eigenvalue weighted by molar-refractivity contribution is 5.89. The highest BCUT2D eigenvalue weighted by Crippen LogP contribution is 2.21. The number of carbonyl (C=O) groups is 1. The SMILES string of the molecule is CC(=O)Nc1cc(CN=[N+]=[N-])cc([N+](=O)[O-])c1. The van der Waals surface area contributed by atoms with Gasteiger partial charge in [0, 0.05) is 29.7 Å². The summed E-state index contributed by atoms with van der Waals surface area (Å²) in [5, 5.41) is 16.4. The Kier molecular flexibility index (Phi) is 4.02. The van der Waals surface area contributed by atoms with E-state index >= 15 is 0 Å². The molecule has 0 fully saturated rings. The number of nitrogens with zero attached hydrogens (tertiary/aromatic N) is 4. The second-order valence-electron chi connectivity index (χ2n) is 3.22. The molecule has 1 N–H and O–H groups in total. The molecule has 1 aromatic rings. The molecule has 0 heterocycles. The zero-order chi connectivity index (χ0) is 12.8. The molecule has 0 aromatic heterocycles. The van der Waals surface area contributed by atoms with E-state index in [1.54, 1.807) is 0 Å². The average molecular weight is 235 g/mol. The van der Waals surface area contributed by atoms with Crippen LogP contribution in [-0.2, 0) is 11.3 Å². The molecule has 17 heavy (non-hydrogen) atoms. The Morgan fingerprint density at radius 1 is 1.59 bits per heavy atom. The van der Waals surface area contributed by atoms with Gasteiger partial charge in [-0.3, -0.25) is 14.9 Å². The van der Waals surface area contributed by atoms with Crippen molar-refractivity contribution in [3.63, 3.8) is 0 Å². The molecular formula is C9H9N5O3. The Bertz CT molecular complexity index is 485. The van der Waals surface area contributed by atoms with Crippen LogP contribution in [0.25, 0.3) is 10.4 Å². The van der Waals surface area contributed by atoms with Crippen molar-refractivity contribution in [3.8, 4) is 0 Å². The number of nitro groups is 1. The van der Waals surface area contributed by atoms with Crippen LogP contribution in [0, 0.1) is 10.1 Å². The number of hydrogen-bond donors (Lipinski definition) is 1. The summed E-state index contributed by atoms with van der Waals surface area (Å²) in [6.45, 7) is 1.29. The predicted molar refractivity (Wildman–Crippen MR) is 60.3 cm³/mol. The van der Waals surface area contributed by atoms with Gasteiger partial charge < -0.3 is 5.32 Å². The number of nitrogens with one attached hydrogen (secondary N) is 1. The maximum Gasteiger partial charge on any atom is 0.271 e. The lowest BCUT2D eigenvalue weighted by atomic mass is 10.1. The number of non-ortho nitro benzene ring substituents is 1. The molecule has 0 unspecified atom stereocenters. The Morgan fingerprint density at radius 2 is 2.29 bits per heavy atom. The van der Waals surface area contributed by atoms with Crippen LogP contribution in [0.3, 0.4) is 0 Å². The van der Waals surface area contributed by atoms with Crippen molar-refractivity contribution < 1.29 is 9.72 Å². The van der Waals surface area contributed by atoms with Crippen LogP contribution in [0.1, 0.15) is 12.5 Å². The number of benzene rings is 1. The van der Waals surface area contributed by atoms with Gasteiger partial charge in [0.15, 0.2) is 0 Å². The summed E-state index contributed by atoms with van der Waals surface area (Å²) in [6, 6.07) is 4.05. The fraction of sp³-hybridized carbons (Fsp3) is 0.222. The molecule has 0 aliphatic rings. The van der Waals surface area contributed by atoms with Crippen molar-refractivity contribution in [2.75, 3.05) is 5.32 Å². The minimum atomic E-state index is -0.578. The first-order chi connectivity index (χ1) is 8.02. The van der Waals surface area contributed by atoms with Gasteiger partial charge in [0.25, 0.3) is 5.69 Å². The van der Waals surface area contributed by atoms with E-state index in [0.29, 0.717) is 11.3 Å². The van der Waals surface area contributed by atoms with Gasteiger partial charge in [-0.05, 0) is 17.2 Å². The fourth-order valence-electron chi connectivity index (χ4n) is 1.26. The lowest BCUT2D eigenvalue weighted by Gasteiger charge is -2.04. The molecule has 0 spiro atoms. The van der Waals surface area contributed by atoms with E-state index in [2.05, 4.69) is 15.3 Å². The summed E-state index contributed by atoms with van der Waals surface area (Å²) in [5.41, 5.74) is 8.77. The van der Waals surface area contributed by atoms with Crippen LogP contribution >= 0.6 is 0 Å². The quantitative estimate of drug-likeness (QED) is 0.283. The average Bonchev–Trinajstić information content (AvgIpc) is 2.25. The molecule has 0 aliphatic carbocycles. The third-order valence-electron chi connectivity index (χ3n) is 1.83. The van der Waals surface area contributed by atoms with E-state index in [1.165, 1.54) is 25.1 Å². The van der Waals surface area contributed by atoms with Crippen molar-refractivity contribution in [3.05, 3.63) is 44.3 Å². The molecule has 0 aliphatic heterocycles. The Balaban J connectivity index is 3.12. The first-order valence-electron chi connectivity index (χ1n) is 4.59. The van der Waals surface area contributed by atoms with Crippen LogP contribution in [0.2, 0.25) is 0 Å². The van der Waals surface area contributed by atoms with Gasteiger partial charge in [-0.2, -0.15) is 0 Å². The van der Waals surface area contributed by atoms with E-state index in [0.717, 1.165) is 0 Å². The number of anilines is 1. The van der Waals surface area contributed by atoms with Crippen LogP contribution in [-0.4, -0.2) is 10.8 Å². The predicted octanol–water partition coefficient (Wildman–Crippen LogP) is 2.36. The third-order valence-corrected chi connectivity index (χ3v) is 1.83. The lowest BCUT2D eigenvalue weighted by molar-refractivity contribution is -0.384. The topological polar surface area (TPSA) is 121 Å². The van der Waals surface area contributed by atoms with Gasteiger partial charge in [0.05, 0.1) is 11.5 Å². The Labute approximate surface area is 96.0 Å². The molecule has 0 saturated carbocycles. The Hall–Kier alpha value is -2.60. The zero-order valence-corrected chi connectivity index (χ0v) is 8.95. The number of rotatable bonds is 4. The van der Waals surface area contributed by atoms with Crippen molar-refractivity contribution >= 4 is 17.3 Å². The second-order valence-corrected chi connectivity index (χ2v) is 3.22. The second kappa shape index (κ2) is 5.47. The lowest BCUT2D eigenvalue weighted by Crippen LogP contribution is -2.06. The van der Waals surface area contributed by atoms with Gasteiger partial charge in [0.1, 0.15) is 0 Å². The van der Waals surface area contributed by atoms with Gasteiger partial charge in [-0.1, -0.05) is 5.11 Å². The first-order valence-corrected chi connectivity index (χ1v) is 4.59. The largest absolute Gasteiger partial charge is 0.326 e. The van der Waals surface area contributed by atoms with Gasteiger partial charge in [0.2, 0.25) is 5.91 Å². The number of azide groups is 1. The van der Waals surface area contributed by atoms with E-state index in [4.69, 9.17) is 5.53 Å². The van der Waals surface area contributed by atoms with Crippen LogP contribution in [0.4, 0.5) is 11.4 Å². The molecule has 1 amide bonds. The molecule has 0 radical (unpaired) electrons. The standard InChI is InChI=1S/C9H9N5O3/c1-6(15)12-8-2-7(5-11-13-10)3-9(4-8)14(16)17/h2-4H,5H2,1H3,(H,12,15). The molecule has 88 valence electrons. The zero-order valence-electron chi connectivity index (χ0n) is 8.95. The van der Waals surface area contributed by atoms with Crippen LogP contribution in [0.5, 0.6) is 0 Å². The molecule has 1 rings (SSSR count). The van der Waals surface area contributed by atoms with Crippen molar-refractivity contribution in [2.24, 2.45) is 5.11 Å². The van der Waals surface area contributed by atoms with Crippen molar-refractivity contribution in [1.29, 1.82) is 0 Å². The molecule has 0 bridgehead atoms. The normalized spacial score (nSPS) is 9.24. The highest BCUT2D eigenvalue weighted by Gasteiger charge is 2.10. The summed E-state index contributed by atoms with van der Waals surface area (Å²) in [4.78, 5) is 23.5. The van der Waals surface area contributed by atoms with Crippen molar-refractivity contribution in [2.45, 2.75) is 13.5 Å². The molecule has 8 heteroatoms. The third kappa shape index (κ3) is 3.80. The first kappa shape index (κ1) is 12.5. The molecule has 1 aromatic carbocycles. The smallest absolute Gasteiger partial charge is 0.271 e.